The zero-order valence-electron chi connectivity index (χ0n) is 22.5. The third kappa shape index (κ3) is 5.97. The fourth-order valence-electron chi connectivity index (χ4n) is 4.91. The highest BCUT2D eigenvalue weighted by Crippen LogP contribution is 2.19. The highest BCUT2D eigenvalue weighted by Gasteiger charge is 2.20. The van der Waals surface area contributed by atoms with E-state index in [2.05, 4.69) is 126 Å². The van der Waals surface area contributed by atoms with E-state index in [1.165, 1.54) is 43.0 Å². The van der Waals surface area contributed by atoms with Gasteiger partial charge in [0.1, 0.15) is 0 Å². The van der Waals surface area contributed by atoms with Gasteiger partial charge in [-0.3, -0.25) is 9.97 Å². The van der Waals surface area contributed by atoms with Crippen molar-refractivity contribution >= 4 is 46.4 Å². The van der Waals surface area contributed by atoms with E-state index in [0.29, 0.717) is 0 Å². The van der Waals surface area contributed by atoms with Gasteiger partial charge in [0.25, 0.3) is 0 Å². The fourth-order valence-corrected chi connectivity index (χ4v) is 9.95. The Balaban J connectivity index is 1.59. The maximum Gasteiger partial charge on any atom is 0.0875 e. The molecule has 180 valence electrons. The van der Waals surface area contributed by atoms with Crippen molar-refractivity contribution in [3.05, 3.63) is 84.2 Å². The van der Waals surface area contributed by atoms with Gasteiger partial charge in [-0.1, -0.05) is 98.2 Å². The van der Waals surface area contributed by atoms with E-state index in [9.17, 15) is 0 Å². The number of hydrogen-bond acceptors (Lipinski definition) is 2. The molecule has 2 aromatic carbocycles. The SMILES string of the molecule is Cc1cc(-c2cccc([SiH2]c3cccc(-c4cc(C)c([Si](C)(C)C)cn4)c3)c2)ncc1[Si](C)(C)C. The third-order valence-corrected chi connectivity index (χ3v) is 12.7. The molecule has 0 radical (unpaired) electrons. The molecule has 0 aliphatic rings. The second-order valence-electron chi connectivity index (χ2n) is 11.8. The Labute approximate surface area is 215 Å². The topological polar surface area (TPSA) is 25.8 Å². The minimum Gasteiger partial charge on any atom is -0.256 e. The molecule has 0 saturated carbocycles. The monoisotopic (exact) mass is 510 g/mol. The van der Waals surface area contributed by atoms with Crippen molar-refractivity contribution in [1.82, 2.24) is 9.97 Å². The molecule has 0 amide bonds. The van der Waals surface area contributed by atoms with Crippen molar-refractivity contribution in [2.24, 2.45) is 0 Å². The second kappa shape index (κ2) is 9.80. The Bertz CT molecular complexity index is 1260. The van der Waals surface area contributed by atoms with Crippen molar-refractivity contribution in [3.8, 4) is 22.5 Å². The van der Waals surface area contributed by atoms with E-state index in [4.69, 9.17) is 9.97 Å². The fraction of sp³-hybridized carbons (Fsp3) is 0.267. The van der Waals surface area contributed by atoms with Gasteiger partial charge in [0.05, 0.1) is 37.1 Å². The summed E-state index contributed by atoms with van der Waals surface area (Å²) < 4.78 is 0. The Hall–Kier alpha value is -2.61. The van der Waals surface area contributed by atoms with E-state index in [1.54, 1.807) is 0 Å². The number of aromatic nitrogens is 2. The van der Waals surface area contributed by atoms with Gasteiger partial charge in [-0.15, -0.1) is 0 Å². The Kier molecular flexibility index (Phi) is 7.14. The first kappa shape index (κ1) is 25.5. The van der Waals surface area contributed by atoms with Crippen LogP contribution in [0.4, 0.5) is 0 Å². The van der Waals surface area contributed by atoms with Gasteiger partial charge >= 0.3 is 0 Å². The molecule has 2 aromatic heterocycles. The van der Waals surface area contributed by atoms with Gasteiger partial charge in [-0.05, 0) is 58.6 Å². The highest BCUT2D eigenvalue weighted by atomic mass is 28.3. The minimum atomic E-state index is -1.37. The predicted molar refractivity (Wildman–Crippen MR) is 163 cm³/mol. The summed E-state index contributed by atoms with van der Waals surface area (Å²) in [5.41, 5.74) is 7.33. The maximum atomic E-state index is 4.86. The molecule has 2 heterocycles. The summed E-state index contributed by atoms with van der Waals surface area (Å²) in [7, 11) is -3.35. The van der Waals surface area contributed by atoms with Gasteiger partial charge in [0.15, 0.2) is 0 Å². The van der Waals surface area contributed by atoms with E-state index in [1.807, 2.05) is 0 Å². The molecule has 0 fully saturated rings. The van der Waals surface area contributed by atoms with Crippen LogP contribution < -0.4 is 20.7 Å². The Morgan fingerprint density at radius 3 is 1.31 bits per heavy atom. The molecule has 4 aromatic rings. The van der Waals surface area contributed by atoms with E-state index in [-0.39, 0.29) is 0 Å². The molecule has 0 saturated heterocycles. The number of hydrogen-bond donors (Lipinski definition) is 0. The molecule has 5 heteroatoms. The van der Waals surface area contributed by atoms with Crippen LogP contribution in [0.25, 0.3) is 22.5 Å². The largest absolute Gasteiger partial charge is 0.256 e. The summed E-state index contributed by atoms with van der Waals surface area (Å²) in [4.78, 5) is 9.71. The Morgan fingerprint density at radius 1 is 0.571 bits per heavy atom. The average molecular weight is 511 g/mol. The maximum absolute atomic E-state index is 4.86. The molecular formula is C30H38N2Si3. The Morgan fingerprint density at radius 2 is 0.971 bits per heavy atom. The third-order valence-electron chi connectivity index (χ3n) is 6.69. The highest BCUT2D eigenvalue weighted by molar-refractivity contribution is 6.89. The zero-order chi connectivity index (χ0) is 25.4. The van der Waals surface area contributed by atoms with Crippen LogP contribution in [0.3, 0.4) is 0 Å². The molecule has 0 spiro atoms. The van der Waals surface area contributed by atoms with Crippen LogP contribution >= 0.6 is 0 Å². The lowest BCUT2D eigenvalue weighted by atomic mass is 10.1. The van der Waals surface area contributed by atoms with Crippen molar-refractivity contribution in [3.63, 3.8) is 0 Å². The minimum absolute atomic E-state index is 0.608. The summed E-state index contributed by atoms with van der Waals surface area (Å²) >= 11 is 0. The molecule has 0 N–H and O–H groups in total. The molecule has 0 aliphatic heterocycles. The smallest absolute Gasteiger partial charge is 0.0875 e. The second-order valence-corrected chi connectivity index (χ2v) is 23.9. The van der Waals surface area contributed by atoms with Gasteiger partial charge in [-0.2, -0.15) is 0 Å². The van der Waals surface area contributed by atoms with Crippen molar-refractivity contribution in [2.45, 2.75) is 53.1 Å². The zero-order valence-corrected chi connectivity index (χ0v) is 25.9. The van der Waals surface area contributed by atoms with Crippen LogP contribution in [-0.2, 0) is 0 Å². The first-order chi connectivity index (χ1) is 16.4. The number of benzene rings is 2. The number of nitrogens with zero attached hydrogens (tertiary/aromatic N) is 2. The van der Waals surface area contributed by atoms with E-state index in [0.717, 1.165) is 11.4 Å². The van der Waals surface area contributed by atoms with Crippen LogP contribution in [0.5, 0.6) is 0 Å². The molecule has 0 aliphatic carbocycles. The quantitative estimate of drug-likeness (QED) is 0.353. The molecule has 0 unspecified atom stereocenters. The van der Waals surface area contributed by atoms with Gasteiger partial charge < -0.3 is 0 Å². The lowest BCUT2D eigenvalue weighted by Gasteiger charge is -2.19. The van der Waals surface area contributed by atoms with Gasteiger partial charge in [-0.25, -0.2) is 0 Å². The van der Waals surface area contributed by atoms with Crippen molar-refractivity contribution < 1.29 is 0 Å². The molecular weight excluding hydrogens is 473 g/mol. The molecule has 35 heavy (non-hydrogen) atoms. The lowest BCUT2D eigenvalue weighted by molar-refractivity contribution is 1.30. The number of pyridine rings is 2. The van der Waals surface area contributed by atoms with Gasteiger partial charge in [0.2, 0.25) is 0 Å². The molecule has 4 rings (SSSR count). The van der Waals surface area contributed by atoms with Crippen LogP contribution in [-0.4, -0.2) is 35.6 Å². The van der Waals surface area contributed by atoms with Crippen LogP contribution in [0.1, 0.15) is 11.1 Å². The number of aryl methyl sites for hydroxylation is 2. The van der Waals surface area contributed by atoms with Crippen molar-refractivity contribution in [1.29, 1.82) is 0 Å². The normalized spacial score (nSPS) is 12.1. The van der Waals surface area contributed by atoms with E-state index < -0.39 is 25.7 Å². The van der Waals surface area contributed by atoms with Crippen LogP contribution in [0.2, 0.25) is 39.3 Å². The first-order valence-electron chi connectivity index (χ1n) is 12.5. The first-order valence-corrected chi connectivity index (χ1v) is 21.0. The summed E-state index contributed by atoms with van der Waals surface area (Å²) in [6.45, 7) is 18.8. The van der Waals surface area contributed by atoms with Gasteiger partial charge in [0, 0.05) is 12.4 Å². The number of rotatable bonds is 6. The molecule has 0 atom stereocenters. The molecule has 0 bridgehead atoms. The summed E-state index contributed by atoms with van der Waals surface area (Å²) in [6.07, 6.45) is 4.24. The van der Waals surface area contributed by atoms with Crippen molar-refractivity contribution in [2.75, 3.05) is 0 Å². The van der Waals surface area contributed by atoms with Crippen LogP contribution in [0.15, 0.2) is 73.1 Å². The predicted octanol–water partition coefficient (Wildman–Crippen LogP) is 4.64. The van der Waals surface area contributed by atoms with E-state index >= 15 is 0 Å². The summed E-state index contributed by atoms with van der Waals surface area (Å²) in [5.74, 6) is 0. The standard InChI is InChI=1S/C30H38N2Si3/c1-21-15-27(31-19-29(21)34(3,4)5)23-11-9-13-25(17-23)33-26-14-10-12-24(18-26)28-16-22(2)30(20-32-28)35(6,7)8/h9-20H,33H2,1-8H3. The summed E-state index contributed by atoms with van der Waals surface area (Å²) in [6, 6.07) is 22.5. The summed E-state index contributed by atoms with van der Waals surface area (Å²) in [5, 5.41) is 5.77. The average Bonchev–Trinajstić information content (AvgIpc) is 2.77. The van der Waals surface area contributed by atoms with Crippen LogP contribution in [0, 0.1) is 13.8 Å². The lowest BCUT2D eigenvalue weighted by Crippen LogP contribution is -2.39. The molecule has 2 nitrogen and oxygen atoms in total.